The van der Waals surface area contributed by atoms with Crippen LogP contribution >= 0.6 is 23.2 Å². The van der Waals surface area contributed by atoms with Gasteiger partial charge in [0.05, 0.1) is 22.6 Å². The van der Waals surface area contributed by atoms with Gasteiger partial charge in [-0.1, -0.05) is 71.7 Å². The van der Waals surface area contributed by atoms with Gasteiger partial charge in [0.25, 0.3) is 0 Å². The van der Waals surface area contributed by atoms with Crippen LogP contribution in [0.15, 0.2) is 89.3 Å². The van der Waals surface area contributed by atoms with Crippen LogP contribution in [0.4, 0.5) is 0 Å². The molecule has 0 saturated carbocycles. The summed E-state index contributed by atoms with van der Waals surface area (Å²) in [5.74, 6) is -1.05. The smallest absolute Gasteiger partial charge is 0.333 e. The van der Waals surface area contributed by atoms with Crippen molar-refractivity contribution in [1.29, 1.82) is 0 Å². The average Bonchev–Trinajstić information content (AvgIpc) is 2.78. The fourth-order valence-corrected chi connectivity index (χ4v) is 5.98. The molecule has 0 saturated heterocycles. The maximum atomic E-state index is 14.1. The predicted molar refractivity (Wildman–Crippen MR) is 128 cm³/mol. The van der Waals surface area contributed by atoms with E-state index in [9.17, 15) is 14.1 Å². The lowest BCUT2D eigenvalue weighted by molar-refractivity contribution is -0.133. The summed E-state index contributed by atoms with van der Waals surface area (Å²) >= 11 is 12.4. The summed E-state index contributed by atoms with van der Waals surface area (Å²) in [7, 11) is -1.64. The number of halogens is 2. The van der Waals surface area contributed by atoms with Gasteiger partial charge in [-0.05, 0) is 60.4 Å². The average molecular weight is 486 g/mol. The van der Waals surface area contributed by atoms with Crippen molar-refractivity contribution in [3.8, 4) is 0 Å². The zero-order valence-corrected chi connectivity index (χ0v) is 19.6. The molecule has 1 aliphatic rings. The van der Waals surface area contributed by atoms with Gasteiger partial charge in [-0.15, -0.1) is 0 Å². The minimum atomic E-state index is -1.64. The summed E-state index contributed by atoms with van der Waals surface area (Å²) in [6.07, 6.45) is 2.12. The molecule has 3 aromatic rings. The van der Waals surface area contributed by atoms with Gasteiger partial charge in [-0.3, -0.25) is 0 Å². The van der Waals surface area contributed by atoms with Crippen LogP contribution < -0.4 is 0 Å². The van der Waals surface area contributed by atoms with Crippen molar-refractivity contribution in [1.82, 2.24) is 4.31 Å². The van der Waals surface area contributed by atoms with Crippen molar-refractivity contribution in [2.45, 2.75) is 30.3 Å². The molecule has 0 amide bonds. The Kier molecular flexibility index (Phi) is 6.82. The number of rotatable bonds is 5. The maximum absolute atomic E-state index is 14.1. The number of hydrogen-bond donors (Lipinski definition) is 1. The number of aryl methyl sites for hydroxylation is 1. The normalized spacial score (nSPS) is 19.9. The highest BCUT2D eigenvalue weighted by Crippen LogP contribution is 2.45. The van der Waals surface area contributed by atoms with E-state index >= 15 is 0 Å². The molecule has 1 heterocycles. The fraction of sp³-hybridized carbons (Fsp3) is 0.160. The van der Waals surface area contributed by atoms with Gasteiger partial charge in [-0.2, -0.15) is 0 Å². The topological polar surface area (TPSA) is 57.6 Å². The lowest BCUT2D eigenvalue weighted by atomic mass is 9.89. The van der Waals surface area contributed by atoms with Crippen molar-refractivity contribution in [2.24, 2.45) is 0 Å². The molecule has 0 fully saturated rings. The van der Waals surface area contributed by atoms with E-state index in [1.54, 1.807) is 40.7 Å². The molecule has 3 aromatic carbocycles. The van der Waals surface area contributed by atoms with E-state index in [1.165, 1.54) is 0 Å². The van der Waals surface area contributed by atoms with Crippen LogP contribution in [-0.4, -0.2) is 19.6 Å². The third-order valence-electron chi connectivity index (χ3n) is 5.56. The summed E-state index contributed by atoms with van der Waals surface area (Å²) in [5.41, 5.74) is 2.63. The first kappa shape index (κ1) is 22.7. The largest absolute Gasteiger partial charge is 0.478 e. The molecule has 4 rings (SSSR count). The number of benzene rings is 3. The quantitative estimate of drug-likeness (QED) is 0.447. The molecule has 3 unspecified atom stereocenters. The molecule has 0 aliphatic carbocycles. The Labute approximate surface area is 199 Å². The summed E-state index contributed by atoms with van der Waals surface area (Å²) < 4.78 is 15.8. The zero-order chi connectivity index (χ0) is 22.8. The van der Waals surface area contributed by atoms with Crippen LogP contribution in [0.2, 0.25) is 10.0 Å². The highest BCUT2D eigenvalue weighted by Gasteiger charge is 2.41. The van der Waals surface area contributed by atoms with Crippen LogP contribution in [0.3, 0.4) is 0 Å². The first-order valence-electron chi connectivity index (χ1n) is 10.1. The maximum Gasteiger partial charge on any atom is 0.333 e. The molecule has 0 aromatic heterocycles. The number of carbonyl (C=O) groups is 1. The standard InChI is InChI=1S/C25H21Cl2NO3S/c1-16-5-2-3-8-23(16)32(31)28-22(17-9-11-19(26)12-10-17)14-13-21(25(29)30)24(28)18-6-4-7-20(27)15-18/h2-13,15,22,24H,14H2,1H3,(H,29,30). The molecule has 1 aliphatic heterocycles. The Morgan fingerprint density at radius 3 is 2.34 bits per heavy atom. The monoisotopic (exact) mass is 485 g/mol. The molecule has 7 heteroatoms. The molecule has 164 valence electrons. The van der Waals surface area contributed by atoms with Crippen molar-refractivity contribution < 1.29 is 14.1 Å². The Balaban J connectivity index is 1.93. The van der Waals surface area contributed by atoms with Gasteiger partial charge in [-0.25, -0.2) is 13.3 Å². The summed E-state index contributed by atoms with van der Waals surface area (Å²) in [4.78, 5) is 12.9. The number of aliphatic carboxylic acids is 1. The van der Waals surface area contributed by atoms with Crippen LogP contribution in [0.5, 0.6) is 0 Å². The van der Waals surface area contributed by atoms with Gasteiger partial charge in [0.1, 0.15) is 11.0 Å². The number of hydrogen-bond acceptors (Lipinski definition) is 2. The highest BCUT2D eigenvalue weighted by atomic mass is 35.5. The van der Waals surface area contributed by atoms with Crippen LogP contribution in [0, 0.1) is 6.92 Å². The lowest BCUT2D eigenvalue weighted by Crippen LogP contribution is -2.39. The predicted octanol–water partition coefficient (Wildman–Crippen LogP) is 6.52. The molecule has 1 N–H and O–H groups in total. The second-order valence-corrected chi connectivity index (χ2v) is 9.83. The second kappa shape index (κ2) is 9.59. The van der Waals surface area contributed by atoms with Crippen molar-refractivity contribution in [3.63, 3.8) is 0 Å². The van der Waals surface area contributed by atoms with E-state index in [0.29, 0.717) is 26.9 Å². The van der Waals surface area contributed by atoms with E-state index in [2.05, 4.69) is 0 Å². The van der Waals surface area contributed by atoms with E-state index in [4.69, 9.17) is 23.2 Å². The molecular weight excluding hydrogens is 465 g/mol. The third kappa shape index (κ3) is 4.52. The minimum Gasteiger partial charge on any atom is -0.478 e. The van der Waals surface area contributed by atoms with E-state index in [1.807, 2.05) is 49.4 Å². The van der Waals surface area contributed by atoms with Gasteiger partial charge < -0.3 is 5.11 Å². The zero-order valence-electron chi connectivity index (χ0n) is 17.2. The Bertz CT molecular complexity index is 1210. The van der Waals surface area contributed by atoms with Crippen LogP contribution in [0.25, 0.3) is 0 Å². The summed E-state index contributed by atoms with van der Waals surface area (Å²) in [6.45, 7) is 1.90. The van der Waals surface area contributed by atoms with Gasteiger partial charge in [0.2, 0.25) is 0 Å². The summed E-state index contributed by atoms with van der Waals surface area (Å²) in [6, 6.07) is 20.8. The lowest BCUT2D eigenvalue weighted by Gasteiger charge is -2.40. The highest BCUT2D eigenvalue weighted by molar-refractivity contribution is 7.82. The third-order valence-corrected chi connectivity index (χ3v) is 7.73. The van der Waals surface area contributed by atoms with Gasteiger partial charge in [0, 0.05) is 10.0 Å². The van der Waals surface area contributed by atoms with Crippen LogP contribution in [0.1, 0.15) is 35.2 Å². The first-order chi connectivity index (χ1) is 15.4. The molecular formula is C25H21Cl2NO3S. The number of nitrogens with zero attached hydrogens (tertiary/aromatic N) is 1. The molecule has 3 atom stereocenters. The Morgan fingerprint density at radius 2 is 1.69 bits per heavy atom. The van der Waals surface area contributed by atoms with E-state index < -0.39 is 23.0 Å². The molecule has 0 bridgehead atoms. The minimum absolute atomic E-state index is 0.180. The van der Waals surface area contributed by atoms with Gasteiger partial charge >= 0.3 is 5.97 Å². The molecule has 4 nitrogen and oxygen atoms in total. The summed E-state index contributed by atoms with van der Waals surface area (Å²) in [5, 5.41) is 11.1. The molecule has 0 spiro atoms. The van der Waals surface area contributed by atoms with E-state index in [-0.39, 0.29) is 11.6 Å². The first-order valence-corrected chi connectivity index (χ1v) is 11.9. The SMILES string of the molecule is Cc1ccccc1S(=O)N1C(c2ccc(Cl)cc2)CC=C(C(=O)O)C1c1cccc(Cl)c1. The molecule has 0 radical (unpaired) electrons. The Hall–Kier alpha value is -2.44. The number of carboxylic acids is 1. The van der Waals surface area contributed by atoms with Crippen molar-refractivity contribution >= 4 is 40.2 Å². The van der Waals surface area contributed by atoms with Crippen molar-refractivity contribution in [3.05, 3.63) is 111 Å². The van der Waals surface area contributed by atoms with Crippen molar-refractivity contribution in [2.75, 3.05) is 0 Å². The second-order valence-electron chi connectivity index (χ2n) is 7.60. The number of carboxylic acid groups (broad SMARTS) is 1. The van der Waals surface area contributed by atoms with Crippen LogP contribution in [-0.2, 0) is 15.8 Å². The van der Waals surface area contributed by atoms with E-state index in [0.717, 1.165) is 11.1 Å². The fourth-order valence-electron chi connectivity index (χ4n) is 4.02. The Morgan fingerprint density at radius 1 is 0.969 bits per heavy atom. The molecule has 32 heavy (non-hydrogen) atoms. The van der Waals surface area contributed by atoms with Gasteiger partial charge in [0.15, 0.2) is 0 Å².